The number of nitrogens with one attached hydrogen (secondary N) is 2. The number of carbonyl (C=O) groups excluding carboxylic acids is 3. The molecule has 0 fully saturated rings. The highest BCUT2D eigenvalue weighted by atomic mass is 17.3. The van der Waals surface area contributed by atoms with Crippen LogP contribution in [0, 0.1) is 0 Å². The fourth-order valence-corrected chi connectivity index (χ4v) is 3.25. The van der Waals surface area contributed by atoms with Gasteiger partial charge in [-0.3, -0.25) is 19.7 Å². The summed E-state index contributed by atoms with van der Waals surface area (Å²) in [6, 6.07) is 23.7. The van der Waals surface area contributed by atoms with E-state index in [0.29, 0.717) is 22.7 Å². The molecule has 0 aliphatic rings. The molecular weight excluding hydrogens is 548 g/mol. The van der Waals surface area contributed by atoms with E-state index in [9.17, 15) is 19.2 Å². The van der Waals surface area contributed by atoms with Gasteiger partial charge in [-0.25, -0.2) is 15.1 Å². The summed E-state index contributed by atoms with van der Waals surface area (Å²) in [6.07, 6.45) is 0. The van der Waals surface area contributed by atoms with Crippen LogP contribution in [0.3, 0.4) is 0 Å². The van der Waals surface area contributed by atoms with Gasteiger partial charge in [-0.05, 0) is 84.9 Å². The van der Waals surface area contributed by atoms with Crippen molar-refractivity contribution in [2.45, 2.75) is 0 Å². The molecule has 14 heteroatoms. The van der Waals surface area contributed by atoms with E-state index in [-0.39, 0.29) is 22.3 Å². The summed E-state index contributed by atoms with van der Waals surface area (Å²) < 4.78 is 0. The predicted molar refractivity (Wildman–Crippen MR) is 144 cm³/mol. The first-order valence-corrected chi connectivity index (χ1v) is 11.9. The van der Waals surface area contributed by atoms with Gasteiger partial charge in [0.15, 0.2) is 0 Å². The first-order valence-electron chi connectivity index (χ1n) is 11.9. The zero-order valence-electron chi connectivity index (χ0n) is 21.4. The number of carboxylic acid groups (broad SMARTS) is 1. The molecule has 4 N–H and O–H groups in total. The molecular formula is C28H20N6O8. The van der Waals surface area contributed by atoms with E-state index in [1.54, 1.807) is 18.2 Å². The Morgan fingerprint density at radius 1 is 0.571 bits per heavy atom. The smallest absolute Gasteiger partial charge is 0.375 e. The minimum absolute atomic E-state index is 0.0569. The Hall–Kier alpha value is -6.12. The summed E-state index contributed by atoms with van der Waals surface area (Å²) in [7, 11) is 0. The van der Waals surface area contributed by atoms with Crippen LogP contribution in [0.5, 0.6) is 0 Å². The van der Waals surface area contributed by atoms with Gasteiger partial charge in [0.2, 0.25) is 0 Å². The third kappa shape index (κ3) is 7.95. The van der Waals surface area contributed by atoms with Gasteiger partial charge >= 0.3 is 11.9 Å². The fraction of sp³-hybridized carbons (Fsp3) is 0. The molecule has 0 atom stereocenters. The lowest BCUT2D eigenvalue weighted by Crippen LogP contribution is -2.25. The number of carboxylic acids is 1. The highest BCUT2D eigenvalue weighted by Gasteiger charge is 2.12. The van der Waals surface area contributed by atoms with Gasteiger partial charge < -0.3 is 5.11 Å². The van der Waals surface area contributed by atoms with Crippen LogP contribution >= 0.6 is 0 Å². The lowest BCUT2D eigenvalue weighted by Gasteiger charge is -2.05. The molecule has 0 spiro atoms. The summed E-state index contributed by atoms with van der Waals surface area (Å²) in [5.41, 5.74) is 5.57. The van der Waals surface area contributed by atoms with Gasteiger partial charge in [-0.15, -0.1) is 0 Å². The van der Waals surface area contributed by atoms with Gasteiger partial charge in [0.05, 0.1) is 33.9 Å². The molecule has 210 valence electrons. The number of benzene rings is 4. The van der Waals surface area contributed by atoms with Crippen molar-refractivity contribution in [3.05, 3.63) is 119 Å². The Balaban J connectivity index is 1.27. The third-order valence-corrected chi connectivity index (χ3v) is 5.35. The molecule has 0 radical (unpaired) electrons. The van der Waals surface area contributed by atoms with Gasteiger partial charge in [-0.1, -0.05) is 17.1 Å². The summed E-state index contributed by atoms with van der Waals surface area (Å²) >= 11 is 0. The Labute approximate surface area is 236 Å². The molecule has 0 unspecified atom stereocenters. The van der Waals surface area contributed by atoms with E-state index in [1.807, 2.05) is 5.48 Å². The molecule has 0 bridgehead atoms. The second-order valence-electron chi connectivity index (χ2n) is 8.23. The monoisotopic (exact) mass is 568 g/mol. The molecule has 0 aliphatic heterocycles. The molecule has 0 aliphatic carbocycles. The van der Waals surface area contributed by atoms with Gasteiger partial charge in [0.25, 0.3) is 11.8 Å². The van der Waals surface area contributed by atoms with E-state index in [0.717, 1.165) is 0 Å². The van der Waals surface area contributed by atoms with E-state index in [4.69, 9.17) is 10.3 Å². The van der Waals surface area contributed by atoms with E-state index >= 15 is 0 Å². The van der Waals surface area contributed by atoms with Crippen molar-refractivity contribution in [2.24, 2.45) is 20.5 Å². The zero-order chi connectivity index (χ0) is 29.9. The largest absolute Gasteiger partial charge is 0.478 e. The maximum Gasteiger partial charge on any atom is 0.375 e. The van der Waals surface area contributed by atoms with Crippen LogP contribution in [0.15, 0.2) is 118 Å². The summed E-state index contributed by atoms with van der Waals surface area (Å²) in [4.78, 5) is 56.3. The second-order valence-corrected chi connectivity index (χ2v) is 8.23. The molecule has 0 saturated carbocycles. The van der Waals surface area contributed by atoms with Gasteiger partial charge in [-0.2, -0.15) is 25.9 Å². The minimum Gasteiger partial charge on any atom is -0.478 e. The van der Waals surface area contributed by atoms with Crippen LogP contribution in [-0.2, 0) is 9.88 Å². The van der Waals surface area contributed by atoms with Crippen LogP contribution in [0.4, 0.5) is 22.7 Å². The first-order chi connectivity index (χ1) is 20.3. The number of carbonyl (C=O) groups is 4. The Morgan fingerprint density at radius 3 is 1.62 bits per heavy atom. The highest BCUT2D eigenvalue weighted by Crippen LogP contribution is 2.22. The lowest BCUT2D eigenvalue weighted by atomic mass is 10.2. The molecule has 4 aromatic carbocycles. The molecule has 4 aromatic rings. The van der Waals surface area contributed by atoms with E-state index in [2.05, 4.69) is 30.3 Å². The van der Waals surface area contributed by atoms with Crippen molar-refractivity contribution in [1.29, 1.82) is 0 Å². The lowest BCUT2D eigenvalue weighted by molar-refractivity contribution is -0.273. The highest BCUT2D eigenvalue weighted by molar-refractivity contribution is 5.94. The Kier molecular flexibility index (Phi) is 9.48. The van der Waals surface area contributed by atoms with Crippen LogP contribution in [0.25, 0.3) is 0 Å². The summed E-state index contributed by atoms with van der Waals surface area (Å²) in [5, 5.41) is 33.7. The minimum atomic E-state index is -1.04. The normalized spacial score (nSPS) is 10.9. The van der Waals surface area contributed by atoms with Gasteiger partial charge in [0.1, 0.15) is 0 Å². The van der Waals surface area contributed by atoms with Crippen molar-refractivity contribution >= 4 is 46.5 Å². The van der Waals surface area contributed by atoms with Crippen LogP contribution in [0.2, 0.25) is 0 Å². The number of azo groups is 2. The molecule has 0 heterocycles. The average Bonchev–Trinajstić information content (AvgIpc) is 3.03. The van der Waals surface area contributed by atoms with Crippen molar-refractivity contribution < 1.29 is 39.4 Å². The molecule has 14 nitrogen and oxygen atoms in total. The van der Waals surface area contributed by atoms with Crippen LogP contribution in [-0.4, -0.2) is 34.1 Å². The average molecular weight is 569 g/mol. The first kappa shape index (κ1) is 28.9. The summed E-state index contributed by atoms with van der Waals surface area (Å²) in [5.74, 6) is -3.36. The maximum absolute atomic E-state index is 12.3. The number of amides is 2. The standard InChI is InChI=1S/C28H20N6O8/c35-25(33-40)19-3-1-5-23(15-19)31-32-24-6-2-4-20(16-24)28(39)41-42-34-26(36)17-7-11-21(12-8-17)29-30-22-13-9-18(10-14-22)27(37)38/h1-16,40H,(H,33,35)(H,34,36)(H,37,38)/b30-29+,32-31+. The van der Waals surface area contributed by atoms with E-state index in [1.165, 1.54) is 84.3 Å². The Bertz CT molecular complexity index is 1670. The molecule has 42 heavy (non-hydrogen) atoms. The molecule has 4 rings (SSSR count). The predicted octanol–water partition coefficient (Wildman–Crippen LogP) is 5.77. The Morgan fingerprint density at radius 2 is 1.07 bits per heavy atom. The second kappa shape index (κ2) is 13.8. The SMILES string of the molecule is O=C(O)c1ccc(/N=N/c2ccc(C(=O)NOOC(=O)c3cccc(/N=N/c4cccc(C(=O)NO)c4)c3)cc2)cc1. The number of hydrogen-bond acceptors (Lipinski definition) is 11. The fourth-order valence-electron chi connectivity index (χ4n) is 3.25. The number of aromatic carboxylic acids is 1. The van der Waals surface area contributed by atoms with Crippen LogP contribution in [0.1, 0.15) is 41.4 Å². The molecule has 0 saturated heterocycles. The maximum atomic E-state index is 12.3. The van der Waals surface area contributed by atoms with Crippen molar-refractivity contribution in [3.63, 3.8) is 0 Å². The number of hydroxylamine groups is 2. The third-order valence-electron chi connectivity index (χ3n) is 5.35. The number of nitrogens with zero attached hydrogens (tertiary/aromatic N) is 4. The van der Waals surface area contributed by atoms with Crippen molar-refractivity contribution in [3.8, 4) is 0 Å². The number of rotatable bonds is 10. The topological polar surface area (TPSA) is 201 Å². The molecule has 2 amide bonds. The quantitative estimate of drug-likeness (QED) is 0.0799. The van der Waals surface area contributed by atoms with E-state index < -0.39 is 23.8 Å². The van der Waals surface area contributed by atoms with Crippen molar-refractivity contribution in [2.75, 3.05) is 0 Å². The van der Waals surface area contributed by atoms with Gasteiger partial charge in [0, 0.05) is 11.1 Å². The number of hydrogen-bond donors (Lipinski definition) is 4. The van der Waals surface area contributed by atoms with Crippen molar-refractivity contribution in [1.82, 2.24) is 11.0 Å². The zero-order valence-corrected chi connectivity index (χ0v) is 21.4. The van der Waals surface area contributed by atoms with Crippen LogP contribution < -0.4 is 11.0 Å². The summed E-state index contributed by atoms with van der Waals surface area (Å²) in [6.45, 7) is 0. The molecule has 0 aromatic heterocycles.